The lowest BCUT2D eigenvalue weighted by Gasteiger charge is -2.29. The van der Waals surface area contributed by atoms with Crippen molar-refractivity contribution in [3.05, 3.63) is 59.3 Å². The topological polar surface area (TPSA) is 99.2 Å². The quantitative estimate of drug-likeness (QED) is 0.350. The van der Waals surface area contributed by atoms with Crippen LogP contribution in [0.4, 0.5) is 22.0 Å². The summed E-state index contributed by atoms with van der Waals surface area (Å²) < 4.78 is 71.9. The number of esters is 1. The second-order valence-corrected chi connectivity index (χ2v) is 8.99. The second-order valence-electron chi connectivity index (χ2n) is 8.99. The van der Waals surface area contributed by atoms with Crippen molar-refractivity contribution in [1.82, 2.24) is 15.1 Å². The van der Waals surface area contributed by atoms with Gasteiger partial charge in [0, 0.05) is 35.7 Å². The van der Waals surface area contributed by atoms with E-state index in [2.05, 4.69) is 15.2 Å². The molecule has 1 heterocycles. The summed E-state index contributed by atoms with van der Waals surface area (Å²) in [6, 6.07) is 6.50. The Kier molecular flexibility index (Phi) is 6.98. The molecule has 1 amide bonds. The Morgan fingerprint density at radius 3 is 2.50 bits per heavy atom. The number of nitrogens with two attached hydrogens (primary N) is 1. The molecule has 1 fully saturated rings. The molecule has 0 atom stereocenters. The number of aromatic nitrogens is 2. The summed E-state index contributed by atoms with van der Waals surface area (Å²) in [5, 5.41) is 7.63. The van der Waals surface area contributed by atoms with Gasteiger partial charge in [-0.05, 0) is 37.1 Å². The number of hydrogen-bond donors (Lipinski definition) is 2. The molecule has 4 rings (SSSR count). The molecule has 0 radical (unpaired) electrons. The normalized spacial score (nSPS) is 15.4. The number of fused-ring (bicyclic) bond motifs is 1. The highest BCUT2D eigenvalue weighted by Gasteiger charge is 2.43. The lowest BCUT2D eigenvalue weighted by atomic mass is 9.87. The third kappa shape index (κ3) is 5.48. The van der Waals surface area contributed by atoms with Crippen LogP contribution in [0.3, 0.4) is 0 Å². The van der Waals surface area contributed by atoms with Crippen LogP contribution in [0.2, 0.25) is 0 Å². The van der Waals surface area contributed by atoms with Gasteiger partial charge in [-0.2, -0.15) is 18.3 Å². The van der Waals surface area contributed by atoms with E-state index in [9.17, 15) is 31.5 Å². The number of ether oxygens (including phenoxy) is 1. The Balaban J connectivity index is 1.44. The average Bonchev–Trinajstić information content (AvgIpc) is 3.44. The van der Waals surface area contributed by atoms with Crippen LogP contribution in [-0.2, 0) is 16.1 Å². The Labute approximate surface area is 202 Å². The van der Waals surface area contributed by atoms with E-state index in [0.717, 1.165) is 18.9 Å². The molecule has 1 aromatic heterocycles. The first-order chi connectivity index (χ1) is 17.0. The summed E-state index contributed by atoms with van der Waals surface area (Å²) in [6.07, 6.45) is -0.819. The fourth-order valence-electron chi connectivity index (χ4n) is 4.50. The van der Waals surface area contributed by atoms with Crippen molar-refractivity contribution in [3.63, 3.8) is 0 Å². The zero-order chi connectivity index (χ0) is 26.1. The number of nitrogens with zero attached hydrogens (tertiary/aromatic N) is 2. The summed E-state index contributed by atoms with van der Waals surface area (Å²) in [5.74, 6) is -4.28. The Morgan fingerprint density at radius 2 is 1.86 bits per heavy atom. The molecule has 0 aliphatic heterocycles. The highest BCUT2D eigenvalue weighted by molar-refractivity contribution is 6.04. The molecular formula is C24H23F5N4O3. The summed E-state index contributed by atoms with van der Waals surface area (Å²) >= 11 is 0. The summed E-state index contributed by atoms with van der Waals surface area (Å²) in [7, 11) is 0. The van der Waals surface area contributed by atoms with Gasteiger partial charge in [0.15, 0.2) is 0 Å². The SMILES string of the molecule is NC(=O)c1cc(F)cc2cn(-c3ccc(CNCC4(COC(=O)C(F)(F)F)CCCC4)c(F)c3)nc12. The maximum absolute atomic E-state index is 14.8. The standard InChI is InChI=1S/C24H23F5N4O3/c25-16-7-15-11-33(32-20(15)18(8-16)21(30)34)17-4-3-14(19(26)9-17)10-31-12-23(5-1-2-6-23)13-36-22(35)24(27,28)29/h3-4,7-9,11,31H,1-2,5-6,10,12-13H2,(H2,30,34). The third-order valence-electron chi connectivity index (χ3n) is 6.36. The number of alkyl halides is 3. The van der Waals surface area contributed by atoms with Gasteiger partial charge in [-0.3, -0.25) is 4.79 Å². The van der Waals surface area contributed by atoms with Crippen LogP contribution in [0.15, 0.2) is 36.5 Å². The number of primary amides is 1. The molecule has 1 aliphatic carbocycles. The summed E-state index contributed by atoms with van der Waals surface area (Å²) in [4.78, 5) is 22.7. The molecule has 0 unspecified atom stereocenters. The van der Waals surface area contributed by atoms with Gasteiger partial charge in [-0.1, -0.05) is 18.9 Å². The van der Waals surface area contributed by atoms with Crippen molar-refractivity contribution in [1.29, 1.82) is 0 Å². The minimum Gasteiger partial charge on any atom is -0.458 e. The molecule has 3 aromatic rings. The van der Waals surface area contributed by atoms with E-state index in [4.69, 9.17) is 5.73 Å². The molecule has 192 valence electrons. The minimum atomic E-state index is -5.05. The van der Waals surface area contributed by atoms with Crippen molar-refractivity contribution < 1.29 is 36.3 Å². The molecule has 0 saturated heterocycles. The van der Waals surface area contributed by atoms with Crippen LogP contribution in [0.5, 0.6) is 0 Å². The van der Waals surface area contributed by atoms with Crippen molar-refractivity contribution >= 4 is 22.8 Å². The Bertz CT molecular complexity index is 1300. The lowest BCUT2D eigenvalue weighted by Crippen LogP contribution is -2.38. The molecule has 1 saturated carbocycles. The highest BCUT2D eigenvalue weighted by atomic mass is 19.4. The summed E-state index contributed by atoms with van der Waals surface area (Å²) in [5.41, 5.74) is 5.39. The maximum Gasteiger partial charge on any atom is 0.490 e. The molecule has 2 aromatic carbocycles. The van der Waals surface area contributed by atoms with Crippen molar-refractivity contribution in [2.45, 2.75) is 38.4 Å². The molecule has 1 aliphatic rings. The lowest BCUT2D eigenvalue weighted by molar-refractivity contribution is -0.202. The first-order valence-corrected chi connectivity index (χ1v) is 11.2. The van der Waals surface area contributed by atoms with Crippen LogP contribution < -0.4 is 11.1 Å². The third-order valence-corrected chi connectivity index (χ3v) is 6.36. The first kappa shape index (κ1) is 25.5. The second kappa shape index (κ2) is 9.84. The van der Waals surface area contributed by atoms with Gasteiger partial charge in [0.25, 0.3) is 5.91 Å². The van der Waals surface area contributed by atoms with E-state index in [0.29, 0.717) is 29.5 Å². The monoisotopic (exact) mass is 510 g/mol. The molecule has 36 heavy (non-hydrogen) atoms. The Hall–Kier alpha value is -3.54. The molecule has 3 N–H and O–H groups in total. The predicted octanol–water partition coefficient (Wildman–Crippen LogP) is 4.16. The van der Waals surface area contributed by atoms with Crippen molar-refractivity contribution in [2.24, 2.45) is 11.1 Å². The van der Waals surface area contributed by atoms with E-state index in [1.54, 1.807) is 6.07 Å². The Morgan fingerprint density at radius 1 is 1.14 bits per heavy atom. The zero-order valence-corrected chi connectivity index (χ0v) is 19.0. The maximum atomic E-state index is 14.8. The van der Waals surface area contributed by atoms with E-state index in [-0.39, 0.29) is 30.8 Å². The van der Waals surface area contributed by atoms with Gasteiger partial charge in [-0.25, -0.2) is 18.3 Å². The highest BCUT2D eigenvalue weighted by Crippen LogP contribution is 2.38. The minimum absolute atomic E-state index is 0.0909. The van der Waals surface area contributed by atoms with E-state index in [1.807, 2.05) is 0 Å². The number of rotatable bonds is 8. The molecule has 12 heteroatoms. The van der Waals surface area contributed by atoms with Crippen LogP contribution >= 0.6 is 0 Å². The number of nitrogens with one attached hydrogen (secondary N) is 1. The van der Waals surface area contributed by atoms with E-state index >= 15 is 0 Å². The number of halogens is 5. The van der Waals surface area contributed by atoms with Gasteiger partial charge in [0.05, 0.1) is 17.9 Å². The number of amides is 1. The molecule has 0 bridgehead atoms. The molecular weight excluding hydrogens is 487 g/mol. The zero-order valence-electron chi connectivity index (χ0n) is 19.0. The summed E-state index contributed by atoms with van der Waals surface area (Å²) in [6.45, 7) is -0.00889. The van der Waals surface area contributed by atoms with Gasteiger partial charge < -0.3 is 15.8 Å². The largest absolute Gasteiger partial charge is 0.490 e. The van der Waals surface area contributed by atoms with Crippen LogP contribution in [0.25, 0.3) is 16.6 Å². The number of benzene rings is 2. The van der Waals surface area contributed by atoms with Crippen LogP contribution in [0, 0.1) is 17.0 Å². The van der Waals surface area contributed by atoms with Gasteiger partial charge in [0.1, 0.15) is 17.2 Å². The first-order valence-electron chi connectivity index (χ1n) is 11.2. The van der Waals surface area contributed by atoms with Crippen molar-refractivity contribution in [2.75, 3.05) is 13.2 Å². The number of carbonyl (C=O) groups excluding carboxylic acids is 2. The predicted molar refractivity (Wildman–Crippen MR) is 119 cm³/mol. The number of hydrogen-bond acceptors (Lipinski definition) is 5. The molecule has 7 nitrogen and oxygen atoms in total. The van der Waals surface area contributed by atoms with Gasteiger partial charge in [0.2, 0.25) is 0 Å². The number of carbonyl (C=O) groups is 2. The van der Waals surface area contributed by atoms with Gasteiger partial charge in [-0.15, -0.1) is 0 Å². The van der Waals surface area contributed by atoms with Gasteiger partial charge >= 0.3 is 12.1 Å². The van der Waals surface area contributed by atoms with E-state index < -0.39 is 35.1 Å². The average molecular weight is 510 g/mol. The van der Waals surface area contributed by atoms with Crippen molar-refractivity contribution in [3.8, 4) is 5.69 Å². The van der Waals surface area contributed by atoms with Crippen LogP contribution in [0.1, 0.15) is 41.6 Å². The molecule has 0 spiro atoms. The van der Waals surface area contributed by atoms with Crippen LogP contribution in [-0.4, -0.2) is 41.0 Å². The fourth-order valence-corrected chi connectivity index (χ4v) is 4.50. The van der Waals surface area contributed by atoms with E-state index in [1.165, 1.54) is 29.1 Å². The smallest absolute Gasteiger partial charge is 0.458 e. The fraction of sp³-hybridized carbons (Fsp3) is 0.375.